The molecule has 0 spiro atoms. The maximum atomic E-state index is 10.7. The molecule has 6 nitrogen and oxygen atoms in total. The fraction of sp³-hybridized carbons (Fsp3) is 0. The molecule has 0 unspecified atom stereocenters. The Morgan fingerprint density at radius 3 is 2.94 bits per heavy atom. The molecule has 0 bridgehead atoms. The van der Waals surface area contributed by atoms with Crippen LogP contribution in [0.2, 0.25) is 0 Å². The third-order valence-electron chi connectivity index (χ3n) is 2.39. The highest BCUT2D eigenvalue weighted by Crippen LogP contribution is 2.28. The Morgan fingerprint density at radius 1 is 1.29 bits per heavy atom. The van der Waals surface area contributed by atoms with Crippen molar-refractivity contribution in [3.8, 4) is 11.3 Å². The highest BCUT2D eigenvalue weighted by atomic mass is 16.5. The van der Waals surface area contributed by atoms with Gasteiger partial charge in [0.15, 0.2) is 17.0 Å². The molecule has 0 radical (unpaired) electrons. The van der Waals surface area contributed by atoms with Gasteiger partial charge in [-0.05, 0) is 6.07 Å². The van der Waals surface area contributed by atoms with Gasteiger partial charge in [-0.2, -0.15) is 0 Å². The molecule has 1 aromatic carbocycles. The first-order valence-corrected chi connectivity index (χ1v) is 4.79. The third kappa shape index (κ3) is 1.46. The molecule has 1 N–H and O–H groups in total. The summed E-state index contributed by atoms with van der Waals surface area (Å²) in [7, 11) is 0. The number of carbonyl (C=O) groups is 1. The van der Waals surface area contributed by atoms with Gasteiger partial charge >= 0.3 is 5.97 Å². The van der Waals surface area contributed by atoms with Crippen molar-refractivity contribution in [2.45, 2.75) is 0 Å². The summed E-state index contributed by atoms with van der Waals surface area (Å²) in [5.41, 5.74) is 1.17. The summed E-state index contributed by atoms with van der Waals surface area (Å²) < 4.78 is 10.00. The molecule has 6 heteroatoms. The van der Waals surface area contributed by atoms with E-state index in [2.05, 4.69) is 10.3 Å². The first-order valence-electron chi connectivity index (χ1n) is 4.79. The molecule has 17 heavy (non-hydrogen) atoms. The Hall–Kier alpha value is -2.63. The van der Waals surface area contributed by atoms with Crippen LogP contribution in [0.15, 0.2) is 39.5 Å². The van der Waals surface area contributed by atoms with Crippen LogP contribution >= 0.6 is 0 Å². The van der Waals surface area contributed by atoms with Gasteiger partial charge in [0.05, 0.1) is 11.6 Å². The minimum Gasteiger partial charge on any atom is -0.476 e. The van der Waals surface area contributed by atoms with Crippen LogP contribution in [-0.4, -0.2) is 21.4 Å². The van der Waals surface area contributed by atoms with E-state index in [4.69, 9.17) is 14.2 Å². The number of hydrogen-bond donors (Lipinski definition) is 1. The molecule has 0 saturated heterocycles. The molecule has 0 atom stereocenters. The minimum atomic E-state index is -1.13. The fourth-order valence-corrected chi connectivity index (χ4v) is 1.61. The number of rotatable bonds is 2. The first-order chi connectivity index (χ1) is 8.25. The van der Waals surface area contributed by atoms with Crippen molar-refractivity contribution in [1.29, 1.82) is 0 Å². The topological polar surface area (TPSA) is 89.4 Å². The lowest BCUT2D eigenvalue weighted by Gasteiger charge is -1.94. The summed E-state index contributed by atoms with van der Waals surface area (Å²) in [6.45, 7) is 0. The third-order valence-corrected chi connectivity index (χ3v) is 2.39. The lowest BCUT2D eigenvalue weighted by molar-refractivity contribution is 0.0686. The predicted molar refractivity (Wildman–Crippen MR) is 56.5 cm³/mol. The number of carboxylic acids is 1. The van der Waals surface area contributed by atoms with E-state index >= 15 is 0 Å². The molecule has 0 saturated carbocycles. The summed E-state index contributed by atoms with van der Waals surface area (Å²) in [6, 6.07) is 6.68. The normalized spacial score (nSPS) is 10.8. The van der Waals surface area contributed by atoms with Crippen LogP contribution < -0.4 is 0 Å². The molecule has 2 aromatic heterocycles. The summed E-state index contributed by atoms with van der Waals surface area (Å²) in [6.07, 6.45) is 1.55. The average molecular weight is 230 g/mol. The highest BCUT2D eigenvalue weighted by Gasteiger charge is 2.15. The Balaban J connectivity index is 2.19. The summed E-state index contributed by atoms with van der Waals surface area (Å²) in [5, 5.41) is 16.6. The number of fused-ring (bicyclic) bond motifs is 1. The number of aromatic carboxylic acids is 1. The van der Waals surface area contributed by atoms with Crippen molar-refractivity contribution in [2.75, 3.05) is 0 Å². The van der Waals surface area contributed by atoms with Crippen LogP contribution in [0.4, 0.5) is 0 Å². The van der Waals surface area contributed by atoms with E-state index in [-0.39, 0.29) is 5.69 Å². The number of carboxylic acid groups (broad SMARTS) is 1. The van der Waals surface area contributed by atoms with Crippen molar-refractivity contribution >= 4 is 16.9 Å². The van der Waals surface area contributed by atoms with E-state index in [0.717, 1.165) is 5.39 Å². The van der Waals surface area contributed by atoms with Crippen LogP contribution in [0.5, 0.6) is 0 Å². The molecule has 0 amide bonds. The lowest BCUT2D eigenvalue weighted by Crippen LogP contribution is -1.94. The van der Waals surface area contributed by atoms with Gasteiger partial charge in [-0.15, -0.1) is 0 Å². The zero-order valence-corrected chi connectivity index (χ0v) is 8.45. The Bertz CT molecular complexity index is 698. The van der Waals surface area contributed by atoms with E-state index in [1.165, 1.54) is 6.07 Å². The average Bonchev–Trinajstić information content (AvgIpc) is 2.97. The quantitative estimate of drug-likeness (QED) is 0.725. The summed E-state index contributed by atoms with van der Waals surface area (Å²) in [5.74, 6) is -0.756. The molecular formula is C11H6N2O4. The van der Waals surface area contributed by atoms with Gasteiger partial charge in [0.25, 0.3) is 0 Å². The zero-order chi connectivity index (χ0) is 11.8. The standard InChI is InChI=1S/C11H6N2O4/c14-11(15)8-4-10(17-13-8)6-2-1-3-9-7(6)5-12-16-9/h1-5H,(H,14,15). The summed E-state index contributed by atoms with van der Waals surface area (Å²) in [4.78, 5) is 10.7. The van der Waals surface area contributed by atoms with Crippen molar-refractivity contribution < 1.29 is 18.9 Å². The Morgan fingerprint density at radius 2 is 2.18 bits per heavy atom. The molecule has 0 aliphatic carbocycles. The molecule has 84 valence electrons. The van der Waals surface area contributed by atoms with Gasteiger partial charge in [0, 0.05) is 11.6 Å². The molecule has 0 fully saturated rings. The predicted octanol–water partition coefficient (Wildman–Crippen LogP) is 2.18. The van der Waals surface area contributed by atoms with Gasteiger partial charge in [0.1, 0.15) is 0 Å². The molecule has 0 aliphatic rings. The second-order valence-electron chi connectivity index (χ2n) is 3.42. The summed E-state index contributed by atoms with van der Waals surface area (Å²) >= 11 is 0. The SMILES string of the molecule is O=C(O)c1cc(-c2cccc3oncc23)on1. The molecular weight excluding hydrogens is 224 g/mol. The Kier molecular flexibility index (Phi) is 1.94. The van der Waals surface area contributed by atoms with Crippen LogP contribution in [0.25, 0.3) is 22.3 Å². The van der Waals surface area contributed by atoms with Crippen LogP contribution in [0.1, 0.15) is 10.5 Å². The number of benzene rings is 1. The molecule has 2 heterocycles. The second kappa shape index (κ2) is 3.44. The van der Waals surface area contributed by atoms with Gasteiger partial charge in [-0.3, -0.25) is 0 Å². The maximum absolute atomic E-state index is 10.7. The van der Waals surface area contributed by atoms with Crippen molar-refractivity contribution in [3.63, 3.8) is 0 Å². The van der Waals surface area contributed by atoms with Gasteiger partial charge < -0.3 is 14.2 Å². The number of hydrogen-bond acceptors (Lipinski definition) is 5. The zero-order valence-electron chi connectivity index (χ0n) is 8.45. The lowest BCUT2D eigenvalue weighted by atomic mass is 10.1. The Labute approximate surface area is 94.4 Å². The van der Waals surface area contributed by atoms with Gasteiger partial charge in [-0.1, -0.05) is 22.4 Å². The van der Waals surface area contributed by atoms with E-state index in [1.54, 1.807) is 24.4 Å². The van der Waals surface area contributed by atoms with E-state index < -0.39 is 5.97 Å². The second-order valence-corrected chi connectivity index (χ2v) is 3.42. The molecule has 0 aliphatic heterocycles. The molecule has 3 aromatic rings. The monoisotopic (exact) mass is 230 g/mol. The van der Waals surface area contributed by atoms with Crippen LogP contribution in [-0.2, 0) is 0 Å². The maximum Gasteiger partial charge on any atom is 0.358 e. The number of nitrogens with zero attached hydrogens (tertiary/aromatic N) is 2. The van der Waals surface area contributed by atoms with E-state index in [0.29, 0.717) is 16.9 Å². The van der Waals surface area contributed by atoms with Crippen LogP contribution in [0, 0.1) is 0 Å². The largest absolute Gasteiger partial charge is 0.476 e. The van der Waals surface area contributed by atoms with Crippen LogP contribution in [0.3, 0.4) is 0 Å². The highest BCUT2D eigenvalue weighted by molar-refractivity contribution is 5.93. The first kappa shape index (κ1) is 9.59. The van der Waals surface area contributed by atoms with Crippen molar-refractivity contribution in [1.82, 2.24) is 10.3 Å². The fourth-order valence-electron chi connectivity index (χ4n) is 1.61. The van der Waals surface area contributed by atoms with Gasteiger partial charge in [-0.25, -0.2) is 4.79 Å². The minimum absolute atomic E-state index is 0.131. The van der Waals surface area contributed by atoms with Gasteiger partial charge in [0.2, 0.25) is 0 Å². The van der Waals surface area contributed by atoms with E-state index in [1.807, 2.05) is 0 Å². The number of aromatic nitrogens is 2. The van der Waals surface area contributed by atoms with Crippen molar-refractivity contribution in [3.05, 3.63) is 36.2 Å². The molecule has 3 rings (SSSR count). The smallest absolute Gasteiger partial charge is 0.358 e. The van der Waals surface area contributed by atoms with E-state index in [9.17, 15) is 4.79 Å². The van der Waals surface area contributed by atoms with Crippen molar-refractivity contribution in [2.24, 2.45) is 0 Å².